The molecule has 1 aliphatic rings. The number of rotatable bonds is 8. The summed E-state index contributed by atoms with van der Waals surface area (Å²) in [5, 5.41) is 18.5. The first-order chi connectivity index (χ1) is 13.3. The van der Waals surface area contributed by atoms with Crippen LogP contribution >= 0.6 is 35.3 Å². The molecule has 7 heteroatoms. The zero-order valence-corrected chi connectivity index (χ0v) is 19.6. The molecule has 1 fully saturated rings. The molecule has 1 atom stereocenters. The van der Waals surface area contributed by atoms with Crippen molar-refractivity contribution in [3.8, 4) is 5.75 Å². The highest BCUT2D eigenvalue weighted by Gasteiger charge is 2.24. The molecule has 1 saturated heterocycles. The minimum Gasteiger partial charge on any atom is -0.508 e. The summed E-state index contributed by atoms with van der Waals surface area (Å²) in [5.74, 6) is 1.18. The third-order valence-electron chi connectivity index (χ3n) is 4.84. The Hall–Kier alpha value is -1.32. The second-order valence-corrected chi connectivity index (χ2v) is 7.82. The summed E-state index contributed by atoms with van der Waals surface area (Å²) in [6.07, 6.45) is 3.42. The van der Waals surface area contributed by atoms with Crippen molar-refractivity contribution in [3.63, 3.8) is 0 Å². The fraction of sp³-hybridized carbons (Fsp3) is 0.476. The van der Waals surface area contributed by atoms with E-state index in [1.54, 1.807) is 6.07 Å². The van der Waals surface area contributed by atoms with Crippen LogP contribution in [0.4, 0.5) is 0 Å². The summed E-state index contributed by atoms with van der Waals surface area (Å²) >= 11 is 1.82. The monoisotopic (exact) mass is 514 g/mol. The zero-order chi connectivity index (χ0) is 18.9. The number of hydrogen-bond acceptors (Lipinski definition) is 4. The molecule has 154 valence electrons. The summed E-state index contributed by atoms with van der Waals surface area (Å²) in [7, 11) is 0. The molecule has 2 aromatic rings. The first kappa shape index (κ1) is 23.0. The number of nitrogens with zero attached hydrogens (tertiary/aromatic N) is 2. The first-order valence-electron chi connectivity index (χ1n) is 9.84. The Morgan fingerprint density at radius 3 is 2.71 bits per heavy atom. The fourth-order valence-electron chi connectivity index (χ4n) is 3.48. The van der Waals surface area contributed by atoms with Gasteiger partial charge in [0.05, 0.1) is 12.6 Å². The maximum Gasteiger partial charge on any atom is 0.191 e. The van der Waals surface area contributed by atoms with E-state index >= 15 is 0 Å². The molecule has 1 aromatic carbocycles. The van der Waals surface area contributed by atoms with Crippen LogP contribution in [0.3, 0.4) is 0 Å². The van der Waals surface area contributed by atoms with Crippen molar-refractivity contribution in [1.82, 2.24) is 15.5 Å². The van der Waals surface area contributed by atoms with Crippen LogP contribution in [-0.4, -0.2) is 48.7 Å². The van der Waals surface area contributed by atoms with Crippen LogP contribution in [0.1, 0.15) is 36.2 Å². The van der Waals surface area contributed by atoms with Crippen LogP contribution in [0.25, 0.3) is 0 Å². The van der Waals surface area contributed by atoms with Gasteiger partial charge in [-0.15, -0.1) is 35.3 Å². The summed E-state index contributed by atoms with van der Waals surface area (Å²) in [4.78, 5) is 8.83. The van der Waals surface area contributed by atoms with Crippen molar-refractivity contribution in [2.75, 3.05) is 32.7 Å². The number of phenolic OH excluding ortho intramolecular Hbond substituents is 1. The molecule has 0 aliphatic carbocycles. The van der Waals surface area contributed by atoms with Gasteiger partial charge in [0.1, 0.15) is 5.75 Å². The lowest BCUT2D eigenvalue weighted by Crippen LogP contribution is -2.39. The van der Waals surface area contributed by atoms with Gasteiger partial charge < -0.3 is 15.7 Å². The molecule has 0 amide bonds. The van der Waals surface area contributed by atoms with Crippen molar-refractivity contribution in [1.29, 1.82) is 0 Å². The first-order valence-corrected chi connectivity index (χ1v) is 10.7. The van der Waals surface area contributed by atoms with Gasteiger partial charge in [-0.2, -0.15) is 0 Å². The van der Waals surface area contributed by atoms with Crippen LogP contribution in [-0.2, 0) is 6.42 Å². The third-order valence-corrected chi connectivity index (χ3v) is 5.81. The number of aliphatic imine (C=N–C) groups is 1. The SMILES string of the molecule is CCNC(=NCC(c1cccs1)N1CCCC1)NCCc1cccc(O)c1.I. The van der Waals surface area contributed by atoms with Crippen LogP contribution in [0.2, 0.25) is 0 Å². The Kier molecular flexibility index (Phi) is 10.1. The van der Waals surface area contributed by atoms with Gasteiger partial charge in [-0.25, -0.2) is 0 Å². The minimum atomic E-state index is 0. The fourth-order valence-corrected chi connectivity index (χ4v) is 4.33. The predicted molar refractivity (Wildman–Crippen MR) is 129 cm³/mol. The van der Waals surface area contributed by atoms with E-state index < -0.39 is 0 Å². The third kappa shape index (κ3) is 6.93. The van der Waals surface area contributed by atoms with E-state index in [0.717, 1.165) is 37.6 Å². The molecular formula is C21H31IN4OS. The number of thiophene rings is 1. The number of guanidine groups is 1. The van der Waals surface area contributed by atoms with Crippen molar-refractivity contribution < 1.29 is 5.11 Å². The van der Waals surface area contributed by atoms with Crippen molar-refractivity contribution in [2.24, 2.45) is 4.99 Å². The van der Waals surface area contributed by atoms with Crippen LogP contribution < -0.4 is 10.6 Å². The molecular weight excluding hydrogens is 483 g/mol. The largest absolute Gasteiger partial charge is 0.508 e. The van der Waals surface area contributed by atoms with Crippen molar-refractivity contribution in [3.05, 3.63) is 52.2 Å². The molecule has 28 heavy (non-hydrogen) atoms. The standard InChI is InChI=1S/C21H30N4OS.HI/c1-2-22-21(23-11-10-17-7-5-8-18(26)15-17)24-16-19(20-9-6-14-27-20)25-12-3-4-13-25;/h5-9,14-15,19,26H,2-4,10-13,16H2,1H3,(H2,22,23,24);1H. The Labute approximate surface area is 189 Å². The van der Waals surface area contributed by atoms with Crippen molar-refractivity contribution in [2.45, 2.75) is 32.2 Å². The lowest BCUT2D eigenvalue weighted by Gasteiger charge is -2.25. The zero-order valence-electron chi connectivity index (χ0n) is 16.4. The van der Waals surface area contributed by atoms with Gasteiger partial charge in [-0.3, -0.25) is 9.89 Å². The molecule has 1 aromatic heterocycles. The maximum absolute atomic E-state index is 9.59. The minimum absolute atomic E-state index is 0. The second-order valence-electron chi connectivity index (χ2n) is 6.84. The van der Waals surface area contributed by atoms with E-state index in [2.05, 4.69) is 40.0 Å². The number of likely N-dealkylation sites (tertiary alicyclic amines) is 1. The summed E-state index contributed by atoms with van der Waals surface area (Å²) in [6.45, 7) is 6.80. The molecule has 0 radical (unpaired) electrons. The molecule has 3 N–H and O–H groups in total. The number of benzene rings is 1. The maximum atomic E-state index is 9.59. The highest BCUT2D eigenvalue weighted by molar-refractivity contribution is 14.0. The smallest absolute Gasteiger partial charge is 0.191 e. The topological polar surface area (TPSA) is 59.9 Å². The average Bonchev–Trinajstić information content (AvgIpc) is 3.36. The van der Waals surface area contributed by atoms with Gasteiger partial charge in [-0.1, -0.05) is 18.2 Å². The molecule has 1 unspecified atom stereocenters. The summed E-state index contributed by atoms with van der Waals surface area (Å²) in [5.41, 5.74) is 1.12. The molecule has 2 heterocycles. The predicted octanol–water partition coefficient (Wildman–Crippen LogP) is 4.01. The Morgan fingerprint density at radius 2 is 2.04 bits per heavy atom. The molecule has 0 saturated carbocycles. The van der Waals surface area contributed by atoms with E-state index in [0.29, 0.717) is 11.8 Å². The molecule has 0 spiro atoms. The summed E-state index contributed by atoms with van der Waals surface area (Å²) in [6, 6.07) is 12.2. The van der Waals surface area contributed by atoms with Crippen LogP contribution in [0.5, 0.6) is 5.75 Å². The van der Waals surface area contributed by atoms with E-state index in [4.69, 9.17) is 4.99 Å². The van der Waals surface area contributed by atoms with Gasteiger partial charge in [0.15, 0.2) is 5.96 Å². The normalized spacial score (nSPS) is 15.8. The number of nitrogens with one attached hydrogen (secondary N) is 2. The van der Waals surface area contributed by atoms with E-state index in [-0.39, 0.29) is 24.0 Å². The lowest BCUT2D eigenvalue weighted by molar-refractivity contribution is 0.255. The van der Waals surface area contributed by atoms with Crippen LogP contribution in [0, 0.1) is 0 Å². The molecule has 3 rings (SSSR count). The Morgan fingerprint density at radius 1 is 1.21 bits per heavy atom. The number of halogens is 1. The molecule has 5 nitrogen and oxygen atoms in total. The number of phenols is 1. The van der Waals surface area contributed by atoms with Crippen molar-refractivity contribution >= 4 is 41.3 Å². The highest BCUT2D eigenvalue weighted by atomic mass is 127. The Balaban J connectivity index is 0.00000280. The number of hydrogen-bond donors (Lipinski definition) is 3. The number of aromatic hydroxyl groups is 1. The Bertz CT molecular complexity index is 717. The lowest BCUT2D eigenvalue weighted by atomic mass is 10.1. The van der Waals surface area contributed by atoms with E-state index in [1.807, 2.05) is 29.5 Å². The van der Waals surface area contributed by atoms with Gasteiger partial charge >= 0.3 is 0 Å². The molecule has 0 bridgehead atoms. The summed E-state index contributed by atoms with van der Waals surface area (Å²) < 4.78 is 0. The molecule has 1 aliphatic heterocycles. The second kappa shape index (κ2) is 12.3. The van der Waals surface area contributed by atoms with Crippen LogP contribution in [0.15, 0.2) is 46.8 Å². The van der Waals surface area contributed by atoms with Gasteiger partial charge in [0.25, 0.3) is 0 Å². The van der Waals surface area contributed by atoms with E-state index in [9.17, 15) is 5.11 Å². The average molecular weight is 514 g/mol. The van der Waals surface area contributed by atoms with Gasteiger partial charge in [0, 0.05) is 18.0 Å². The van der Waals surface area contributed by atoms with Gasteiger partial charge in [0.2, 0.25) is 0 Å². The highest BCUT2D eigenvalue weighted by Crippen LogP contribution is 2.28. The van der Waals surface area contributed by atoms with E-state index in [1.165, 1.54) is 30.8 Å². The van der Waals surface area contributed by atoms with Gasteiger partial charge in [-0.05, 0) is 68.4 Å². The quantitative estimate of drug-likeness (QED) is 0.283.